The molecule has 0 radical (unpaired) electrons. The summed E-state index contributed by atoms with van der Waals surface area (Å²) < 4.78 is 4.99. The number of ether oxygens (including phenoxy) is 1. The van der Waals surface area contributed by atoms with Gasteiger partial charge in [-0.2, -0.15) is 0 Å². The number of methoxy groups -OCH3 is 1. The minimum Gasteiger partial charge on any atom is -0.385 e. The van der Waals surface area contributed by atoms with Crippen molar-refractivity contribution in [3.05, 3.63) is 0 Å². The van der Waals surface area contributed by atoms with Gasteiger partial charge >= 0.3 is 0 Å². The fourth-order valence-electron chi connectivity index (χ4n) is 2.22. The second-order valence-corrected chi connectivity index (χ2v) is 5.16. The van der Waals surface area contributed by atoms with Crippen LogP contribution < -0.4 is 10.7 Å². The van der Waals surface area contributed by atoms with Crippen LogP contribution in [0.15, 0.2) is 0 Å². The molecule has 17 heavy (non-hydrogen) atoms. The van der Waals surface area contributed by atoms with Crippen molar-refractivity contribution < 1.29 is 4.74 Å². The van der Waals surface area contributed by atoms with Crippen LogP contribution in [0.1, 0.15) is 39.5 Å². The first-order valence-electron chi connectivity index (χ1n) is 6.47. The minimum atomic E-state index is 0.553. The monoisotopic (exact) mass is 259 g/mol. The Balaban J connectivity index is 2.24. The summed E-state index contributed by atoms with van der Waals surface area (Å²) in [6, 6.07) is 1.11. The SMILES string of the molecule is COCCCNC(=S)NN1C(C)CCCC1C. The van der Waals surface area contributed by atoms with Crippen molar-refractivity contribution in [3.63, 3.8) is 0 Å². The molecule has 0 saturated carbocycles. The summed E-state index contributed by atoms with van der Waals surface area (Å²) in [4.78, 5) is 0. The summed E-state index contributed by atoms with van der Waals surface area (Å²) in [7, 11) is 1.72. The first kappa shape index (κ1) is 14.7. The van der Waals surface area contributed by atoms with E-state index in [9.17, 15) is 0 Å². The number of piperidine rings is 1. The van der Waals surface area contributed by atoms with Crippen LogP contribution >= 0.6 is 12.2 Å². The van der Waals surface area contributed by atoms with E-state index in [1.54, 1.807) is 7.11 Å². The Bertz CT molecular complexity index is 228. The van der Waals surface area contributed by atoms with Crippen LogP contribution in [0.5, 0.6) is 0 Å². The highest BCUT2D eigenvalue weighted by molar-refractivity contribution is 7.80. The number of hydrogen-bond donors (Lipinski definition) is 2. The lowest BCUT2D eigenvalue weighted by atomic mass is 10.00. The molecule has 0 bridgehead atoms. The predicted octanol–water partition coefficient (Wildman–Crippen LogP) is 1.66. The van der Waals surface area contributed by atoms with Gasteiger partial charge in [-0.3, -0.25) is 5.43 Å². The molecule has 100 valence electrons. The normalized spacial score (nSPS) is 25.6. The average molecular weight is 259 g/mol. The van der Waals surface area contributed by atoms with Crippen LogP contribution in [0.25, 0.3) is 0 Å². The fraction of sp³-hybridized carbons (Fsp3) is 0.917. The molecule has 2 unspecified atom stereocenters. The van der Waals surface area contributed by atoms with Crippen molar-refractivity contribution in [2.24, 2.45) is 0 Å². The lowest BCUT2D eigenvalue weighted by molar-refractivity contribution is 0.0736. The Hall–Kier alpha value is -0.390. The average Bonchev–Trinajstić information content (AvgIpc) is 2.30. The van der Waals surface area contributed by atoms with Gasteiger partial charge in [0.1, 0.15) is 0 Å². The van der Waals surface area contributed by atoms with Crippen molar-refractivity contribution in [3.8, 4) is 0 Å². The van der Waals surface area contributed by atoms with E-state index in [2.05, 4.69) is 29.6 Å². The Morgan fingerprint density at radius 3 is 2.59 bits per heavy atom. The van der Waals surface area contributed by atoms with E-state index in [1.807, 2.05) is 0 Å². The Morgan fingerprint density at radius 2 is 2.00 bits per heavy atom. The van der Waals surface area contributed by atoms with Gasteiger partial charge in [-0.05, 0) is 45.3 Å². The zero-order chi connectivity index (χ0) is 12.7. The van der Waals surface area contributed by atoms with Gasteiger partial charge in [0, 0.05) is 32.3 Å². The Labute approximate surface area is 110 Å². The van der Waals surface area contributed by atoms with Crippen LogP contribution in [0.2, 0.25) is 0 Å². The van der Waals surface area contributed by atoms with Crippen molar-refractivity contribution in [2.45, 2.75) is 51.6 Å². The van der Waals surface area contributed by atoms with Gasteiger partial charge in [-0.15, -0.1) is 0 Å². The molecule has 1 rings (SSSR count). The molecule has 2 N–H and O–H groups in total. The Morgan fingerprint density at radius 1 is 1.35 bits per heavy atom. The number of nitrogens with zero attached hydrogens (tertiary/aromatic N) is 1. The van der Waals surface area contributed by atoms with Gasteiger partial charge in [0.2, 0.25) is 0 Å². The summed E-state index contributed by atoms with van der Waals surface area (Å²) in [5, 5.41) is 6.20. The van der Waals surface area contributed by atoms with E-state index in [0.29, 0.717) is 12.1 Å². The summed E-state index contributed by atoms with van der Waals surface area (Å²) in [6.07, 6.45) is 4.77. The van der Waals surface area contributed by atoms with Crippen LogP contribution in [-0.4, -0.2) is 42.5 Å². The van der Waals surface area contributed by atoms with Gasteiger partial charge < -0.3 is 10.1 Å². The molecule has 0 spiro atoms. The molecule has 1 fully saturated rings. The molecule has 0 aliphatic carbocycles. The highest BCUT2D eigenvalue weighted by atomic mass is 32.1. The second-order valence-electron chi connectivity index (χ2n) is 4.75. The van der Waals surface area contributed by atoms with Gasteiger partial charge in [0.25, 0.3) is 0 Å². The van der Waals surface area contributed by atoms with Crippen molar-refractivity contribution in [1.82, 2.24) is 15.8 Å². The highest BCUT2D eigenvalue weighted by Gasteiger charge is 2.24. The van der Waals surface area contributed by atoms with E-state index >= 15 is 0 Å². The maximum atomic E-state index is 5.29. The standard InChI is InChI=1S/C12H25N3OS/c1-10-6-4-7-11(2)15(10)14-12(17)13-8-5-9-16-3/h10-11H,4-9H2,1-3H3,(H2,13,14,17). The molecule has 0 aromatic heterocycles. The lowest BCUT2D eigenvalue weighted by Crippen LogP contribution is -2.56. The molecule has 1 aliphatic heterocycles. The van der Waals surface area contributed by atoms with Gasteiger partial charge in [-0.1, -0.05) is 6.42 Å². The molecule has 4 nitrogen and oxygen atoms in total. The first-order valence-corrected chi connectivity index (χ1v) is 6.87. The molecule has 1 saturated heterocycles. The fourth-order valence-corrected chi connectivity index (χ4v) is 2.42. The Kier molecular flexibility index (Phi) is 6.77. The maximum Gasteiger partial charge on any atom is 0.181 e. The zero-order valence-electron chi connectivity index (χ0n) is 11.2. The third-order valence-corrected chi connectivity index (χ3v) is 3.47. The number of hydrazine groups is 1. The summed E-state index contributed by atoms with van der Waals surface area (Å²) in [6.45, 7) is 6.12. The van der Waals surface area contributed by atoms with E-state index in [-0.39, 0.29) is 0 Å². The van der Waals surface area contributed by atoms with Crippen LogP contribution in [0.4, 0.5) is 0 Å². The molecule has 0 amide bonds. The van der Waals surface area contributed by atoms with Crippen LogP contribution in [0, 0.1) is 0 Å². The third-order valence-electron chi connectivity index (χ3n) is 3.23. The zero-order valence-corrected chi connectivity index (χ0v) is 12.0. The molecular weight excluding hydrogens is 234 g/mol. The highest BCUT2D eigenvalue weighted by Crippen LogP contribution is 2.19. The van der Waals surface area contributed by atoms with E-state index < -0.39 is 0 Å². The van der Waals surface area contributed by atoms with Crippen molar-refractivity contribution in [2.75, 3.05) is 20.3 Å². The molecule has 0 aromatic carbocycles. The van der Waals surface area contributed by atoms with Crippen molar-refractivity contribution in [1.29, 1.82) is 0 Å². The summed E-state index contributed by atoms with van der Waals surface area (Å²) >= 11 is 5.29. The van der Waals surface area contributed by atoms with Gasteiger partial charge in [0.15, 0.2) is 5.11 Å². The lowest BCUT2D eigenvalue weighted by Gasteiger charge is -2.39. The molecule has 1 aliphatic rings. The maximum absolute atomic E-state index is 5.29. The smallest absolute Gasteiger partial charge is 0.181 e. The predicted molar refractivity (Wildman–Crippen MR) is 74.8 cm³/mol. The number of thiocarbonyl (C=S) groups is 1. The quantitative estimate of drug-likeness (QED) is 0.580. The minimum absolute atomic E-state index is 0.553. The summed E-state index contributed by atoms with van der Waals surface area (Å²) in [5.74, 6) is 0. The van der Waals surface area contributed by atoms with Crippen LogP contribution in [0.3, 0.4) is 0 Å². The molecular formula is C12H25N3OS. The third kappa shape index (κ3) is 5.19. The summed E-state index contributed by atoms with van der Waals surface area (Å²) in [5.41, 5.74) is 3.31. The van der Waals surface area contributed by atoms with E-state index in [4.69, 9.17) is 17.0 Å². The number of nitrogens with one attached hydrogen (secondary N) is 2. The van der Waals surface area contributed by atoms with Crippen LogP contribution in [-0.2, 0) is 4.74 Å². The molecule has 5 heteroatoms. The van der Waals surface area contributed by atoms with E-state index in [0.717, 1.165) is 24.7 Å². The second kappa shape index (κ2) is 7.84. The molecule has 1 heterocycles. The van der Waals surface area contributed by atoms with E-state index in [1.165, 1.54) is 19.3 Å². The first-order chi connectivity index (χ1) is 8.15. The van der Waals surface area contributed by atoms with Crippen molar-refractivity contribution >= 4 is 17.3 Å². The molecule has 2 atom stereocenters. The van der Waals surface area contributed by atoms with Gasteiger partial charge in [-0.25, -0.2) is 5.01 Å². The number of hydrogen-bond acceptors (Lipinski definition) is 3. The van der Waals surface area contributed by atoms with Gasteiger partial charge in [0.05, 0.1) is 0 Å². The topological polar surface area (TPSA) is 36.5 Å². The number of rotatable bonds is 5. The largest absolute Gasteiger partial charge is 0.385 e. The molecule has 0 aromatic rings.